The molecular weight excluding hydrogens is 200 g/mol. The lowest BCUT2D eigenvalue weighted by Crippen LogP contribution is -2.19. The number of aryl methyl sites for hydroxylation is 3. The first kappa shape index (κ1) is 10.4. The minimum absolute atomic E-state index is 0.193. The molecule has 0 atom stereocenters. The lowest BCUT2D eigenvalue weighted by molar-refractivity contribution is 0.900. The molecule has 0 unspecified atom stereocenters. The van der Waals surface area contributed by atoms with E-state index in [1.54, 1.807) is 13.1 Å². The Morgan fingerprint density at radius 3 is 2.44 bits per heavy atom. The lowest BCUT2D eigenvalue weighted by Gasteiger charge is -2.08. The molecule has 0 aliphatic heterocycles. The third kappa shape index (κ3) is 1.40. The molecule has 0 saturated heterocycles. The highest BCUT2D eigenvalue weighted by Gasteiger charge is 2.07. The van der Waals surface area contributed by atoms with Gasteiger partial charge < -0.3 is 4.57 Å². The molecule has 3 heteroatoms. The van der Waals surface area contributed by atoms with Gasteiger partial charge in [-0.2, -0.15) is 5.26 Å². The third-order valence-electron chi connectivity index (χ3n) is 2.96. The summed E-state index contributed by atoms with van der Waals surface area (Å²) in [5.74, 6) is 0. The van der Waals surface area contributed by atoms with Crippen molar-refractivity contribution >= 4 is 10.9 Å². The maximum atomic E-state index is 11.8. The summed E-state index contributed by atoms with van der Waals surface area (Å²) < 4.78 is 1.53. The Balaban J connectivity index is 3.00. The first-order valence-corrected chi connectivity index (χ1v) is 5.05. The number of hydrogen-bond acceptors (Lipinski definition) is 2. The molecule has 1 aromatic carbocycles. The number of aromatic nitrogens is 1. The van der Waals surface area contributed by atoms with Crippen LogP contribution >= 0.6 is 0 Å². The van der Waals surface area contributed by atoms with Gasteiger partial charge in [0.25, 0.3) is 5.56 Å². The van der Waals surface area contributed by atoms with Gasteiger partial charge in [-0.1, -0.05) is 0 Å². The Labute approximate surface area is 93.6 Å². The second kappa shape index (κ2) is 3.49. The standard InChI is InChI=1S/C13H12N2O/c1-8-4-10-6-11(7-14)13(16)15(3)12(10)5-9(8)2/h4-6H,1-3H3. The maximum absolute atomic E-state index is 11.8. The topological polar surface area (TPSA) is 45.8 Å². The number of benzene rings is 1. The normalized spacial score (nSPS) is 10.4. The number of pyridine rings is 1. The maximum Gasteiger partial charge on any atom is 0.268 e. The van der Waals surface area contributed by atoms with Gasteiger partial charge in [-0.15, -0.1) is 0 Å². The van der Waals surface area contributed by atoms with E-state index < -0.39 is 0 Å². The molecule has 1 aromatic heterocycles. The summed E-state index contributed by atoms with van der Waals surface area (Å²) in [4.78, 5) is 11.8. The quantitative estimate of drug-likeness (QED) is 0.670. The van der Waals surface area contributed by atoms with Gasteiger partial charge in [0.05, 0.1) is 5.52 Å². The van der Waals surface area contributed by atoms with E-state index in [1.165, 1.54) is 4.57 Å². The molecule has 16 heavy (non-hydrogen) atoms. The number of hydrogen-bond donors (Lipinski definition) is 0. The zero-order valence-electron chi connectivity index (χ0n) is 9.53. The summed E-state index contributed by atoms with van der Waals surface area (Å²) in [5, 5.41) is 9.80. The van der Waals surface area contributed by atoms with Gasteiger partial charge in [0.2, 0.25) is 0 Å². The zero-order valence-corrected chi connectivity index (χ0v) is 9.53. The van der Waals surface area contributed by atoms with Crippen molar-refractivity contribution in [2.45, 2.75) is 13.8 Å². The van der Waals surface area contributed by atoms with Crippen LogP contribution in [0.25, 0.3) is 10.9 Å². The molecule has 3 nitrogen and oxygen atoms in total. The van der Waals surface area contributed by atoms with Crippen molar-refractivity contribution < 1.29 is 0 Å². The van der Waals surface area contributed by atoms with Crippen molar-refractivity contribution in [1.82, 2.24) is 4.57 Å². The molecule has 0 amide bonds. The van der Waals surface area contributed by atoms with Gasteiger partial charge in [-0.3, -0.25) is 4.79 Å². The van der Waals surface area contributed by atoms with Crippen LogP contribution in [0, 0.1) is 25.2 Å². The summed E-state index contributed by atoms with van der Waals surface area (Å²) in [7, 11) is 1.69. The van der Waals surface area contributed by atoms with Crippen LogP contribution in [0.3, 0.4) is 0 Å². The molecule has 2 rings (SSSR count). The van der Waals surface area contributed by atoms with E-state index in [9.17, 15) is 4.79 Å². The SMILES string of the molecule is Cc1cc2cc(C#N)c(=O)n(C)c2cc1C. The fraction of sp³-hybridized carbons (Fsp3) is 0.231. The minimum atomic E-state index is -0.238. The molecule has 0 spiro atoms. The third-order valence-corrected chi connectivity index (χ3v) is 2.96. The van der Waals surface area contributed by atoms with Crippen molar-refractivity contribution in [2.75, 3.05) is 0 Å². The summed E-state index contributed by atoms with van der Waals surface area (Å²) in [5.41, 5.74) is 3.13. The van der Waals surface area contributed by atoms with Crippen LogP contribution in [-0.2, 0) is 7.05 Å². The van der Waals surface area contributed by atoms with Gasteiger partial charge in [0.15, 0.2) is 0 Å². The van der Waals surface area contributed by atoms with Crippen LogP contribution in [0.4, 0.5) is 0 Å². The van der Waals surface area contributed by atoms with Crippen LogP contribution in [0.15, 0.2) is 23.0 Å². The Kier molecular flexibility index (Phi) is 2.28. The van der Waals surface area contributed by atoms with Crippen LogP contribution in [0.2, 0.25) is 0 Å². The number of fused-ring (bicyclic) bond motifs is 1. The van der Waals surface area contributed by atoms with Gasteiger partial charge >= 0.3 is 0 Å². The van der Waals surface area contributed by atoms with E-state index in [4.69, 9.17) is 5.26 Å². The highest BCUT2D eigenvalue weighted by molar-refractivity contribution is 5.82. The molecule has 0 bridgehead atoms. The van der Waals surface area contributed by atoms with E-state index in [0.29, 0.717) is 0 Å². The number of nitriles is 1. The second-order valence-electron chi connectivity index (χ2n) is 4.03. The average Bonchev–Trinajstić information content (AvgIpc) is 2.26. The first-order valence-electron chi connectivity index (χ1n) is 5.05. The zero-order chi connectivity index (χ0) is 11.9. The first-order chi connectivity index (χ1) is 7.54. The largest absolute Gasteiger partial charge is 0.310 e. The van der Waals surface area contributed by atoms with Gasteiger partial charge in [0.1, 0.15) is 11.6 Å². The van der Waals surface area contributed by atoms with Crippen LogP contribution in [0.5, 0.6) is 0 Å². The van der Waals surface area contributed by atoms with Crippen LogP contribution < -0.4 is 5.56 Å². The molecule has 0 N–H and O–H groups in total. The number of rotatable bonds is 0. The molecule has 80 valence electrons. The van der Waals surface area contributed by atoms with Crippen molar-refractivity contribution in [3.8, 4) is 6.07 Å². The van der Waals surface area contributed by atoms with E-state index in [-0.39, 0.29) is 11.1 Å². The summed E-state index contributed by atoms with van der Waals surface area (Å²) >= 11 is 0. The monoisotopic (exact) mass is 212 g/mol. The predicted molar refractivity (Wildman–Crippen MR) is 63.4 cm³/mol. The van der Waals surface area contributed by atoms with Crippen molar-refractivity contribution in [3.05, 3.63) is 45.2 Å². The lowest BCUT2D eigenvalue weighted by atomic mass is 10.0. The van der Waals surface area contributed by atoms with E-state index in [1.807, 2.05) is 32.0 Å². The second-order valence-corrected chi connectivity index (χ2v) is 4.03. The molecule has 0 aliphatic carbocycles. The van der Waals surface area contributed by atoms with Crippen LogP contribution in [0.1, 0.15) is 16.7 Å². The van der Waals surface area contributed by atoms with Crippen molar-refractivity contribution in [2.24, 2.45) is 7.05 Å². The fourth-order valence-corrected chi connectivity index (χ4v) is 1.82. The number of nitrogens with zero attached hydrogens (tertiary/aromatic N) is 2. The van der Waals surface area contributed by atoms with E-state index in [2.05, 4.69) is 0 Å². The van der Waals surface area contributed by atoms with Crippen LogP contribution in [-0.4, -0.2) is 4.57 Å². The van der Waals surface area contributed by atoms with Crippen molar-refractivity contribution in [3.63, 3.8) is 0 Å². The molecule has 1 heterocycles. The molecule has 0 radical (unpaired) electrons. The van der Waals surface area contributed by atoms with E-state index in [0.717, 1.165) is 22.0 Å². The van der Waals surface area contributed by atoms with Crippen molar-refractivity contribution in [1.29, 1.82) is 5.26 Å². The highest BCUT2D eigenvalue weighted by Crippen LogP contribution is 2.18. The fourth-order valence-electron chi connectivity index (χ4n) is 1.82. The summed E-state index contributed by atoms with van der Waals surface area (Å²) in [6.07, 6.45) is 0. The van der Waals surface area contributed by atoms with Gasteiger partial charge in [-0.25, -0.2) is 0 Å². The van der Waals surface area contributed by atoms with Gasteiger partial charge in [0, 0.05) is 12.4 Å². The van der Waals surface area contributed by atoms with Gasteiger partial charge in [-0.05, 0) is 43.2 Å². The smallest absolute Gasteiger partial charge is 0.268 e. The molecule has 0 fully saturated rings. The predicted octanol–water partition coefficient (Wildman–Crippen LogP) is 2.03. The summed E-state index contributed by atoms with van der Waals surface area (Å²) in [6, 6.07) is 7.57. The minimum Gasteiger partial charge on any atom is -0.310 e. The molecule has 0 saturated carbocycles. The van der Waals surface area contributed by atoms with E-state index >= 15 is 0 Å². The Hall–Kier alpha value is -2.08. The molecular formula is C13H12N2O. The molecule has 0 aliphatic rings. The Morgan fingerprint density at radius 2 is 1.81 bits per heavy atom. The molecule has 2 aromatic rings. The Bertz CT molecular complexity index is 675. The highest BCUT2D eigenvalue weighted by atomic mass is 16.1. The summed E-state index contributed by atoms with van der Waals surface area (Å²) in [6.45, 7) is 4.03. The Morgan fingerprint density at radius 1 is 1.19 bits per heavy atom. The average molecular weight is 212 g/mol.